The molecule has 0 unspecified atom stereocenters. The molecule has 28 heavy (non-hydrogen) atoms. The molecule has 1 aliphatic carbocycles. The number of ether oxygens (including phenoxy) is 1. The molecule has 150 valence electrons. The molecule has 0 atom stereocenters. The molecule has 0 N–H and O–H groups in total. The number of hydrogen-bond acceptors (Lipinski definition) is 3. The van der Waals surface area contributed by atoms with Gasteiger partial charge < -0.3 is 9.64 Å². The number of likely N-dealkylation sites (N-methyl/N-ethyl adjacent to an activating group) is 1. The van der Waals surface area contributed by atoms with Crippen LogP contribution in [-0.2, 0) is 6.42 Å². The fourth-order valence-corrected chi connectivity index (χ4v) is 3.85. The molecule has 4 nitrogen and oxygen atoms in total. The van der Waals surface area contributed by atoms with Crippen LogP contribution in [0.5, 0.6) is 5.75 Å². The van der Waals surface area contributed by atoms with E-state index < -0.39 is 6.09 Å². The van der Waals surface area contributed by atoms with E-state index in [4.69, 9.17) is 4.74 Å². The zero-order chi connectivity index (χ0) is 19.8. The first kappa shape index (κ1) is 20.3. The molecule has 2 aromatic rings. The summed E-state index contributed by atoms with van der Waals surface area (Å²) in [6.07, 6.45) is 6.58. The van der Waals surface area contributed by atoms with Gasteiger partial charge in [-0.1, -0.05) is 61.0 Å². The molecule has 1 aliphatic rings. The summed E-state index contributed by atoms with van der Waals surface area (Å²) in [6, 6.07) is 16.2. The summed E-state index contributed by atoms with van der Waals surface area (Å²) in [4.78, 5) is 14.5. The van der Waals surface area contributed by atoms with Gasteiger partial charge in [-0.2, -0.15) is 0 Å². The lowest BCUT2D eigenvalue weighted by molar-refractivity contribution is 0.165. The largest absolute Gasteiger partial charge is 0.448 e. The van der Waals surface area contributed by atoms with Crippen LogP contribution in [0.1, 0.15) is 44.6 Å². The molecule has 0 heterocycles. The Labute approximate surface area is 166 Å². The Kier molecular flexibility index (Phi) is 7.43. The van der Waals surface area contributed by atoms with Gasteiger partial charge in [0.15, 0.2) is 0 Å². The first-order chi connectivity index (χ1) is 13.7. The lowest BCUT2D eigenvalue weighted by atomic mass is 9.94. The maximum absolute atomic E-state index is 14.1. The fourth-order valence-electron chi connectivity index (χ4n) is 3.85. The van der Waals surface area contributed by atoms with Crippen LogP contribution < -0.4 is 9.86 Å². The minimum Gasteiger partial charge on any atom is -0.408 e. The van der Waals surface area contributed by atoms with Gasteiger partial charge in [-0.25, -0.2) is 4.79 Å². The van der Waals surface area contributed by atoms with E-state index in [1.165, 1.54) is 49.8 Å². The summed E-state index contributed by atoms with van der Waals surface area (Å²) in [7, 11) is 0. The number of nitrogens with zero attached hydrogens (tertiary/aromatic N) is 2. The number of carbonyl (C=O) groups is 1. The van der Waals surface area contributed by atoms with Crippen molar-refractivity contribution in [1.82, 2.24) is 4.90 Å². The predicted molar refractivity (Wildman–Crippen MR) is 110 cm³/mol. The van der Waals surface area contributed by atoms with Gasteiger partial charge in [-0.3, -0.25) is 0 Å². The molecule has 1 saturated carbocycles. The first-order valence-electron chi connectivity index (χ1n) is 10.2. The highest BCUT2D eigenvalue weighted by atomic mass is 19.2. The topological polar surface area (TPSA) is 32.8 Å². The fraction of sp³-hybridized carbons (Fsp3) is 0.435. The average Bonchev–Trinajstić information content (AvgIpc) is 2.76. The quantitative estimate of drug-likeness (QED) is 0.568. The molecule has 3 rings (SSSR count). The number of halogens is 1. The second-order valence-electron chi connectivity index (χ2n) is 7.30. The van der Waals surface area contributed by atoms with Gasteiger partial charge in [0.05, 0.1) is 5.69 Å². The number of benzene rings is 2. The van der Waals surface area contributed by atoms with Crippen LogP contribution in [0, 0.1) is 0 Å². The summed E-state index contributed by atoms with van der Waals surface area (Å²) in [5, 5.41) is 0.0111. The monoisotopic (exact) mass is 384 g/mol. The van der Waals surface area contributed by atoms with E-state index in [0.717, 1.165) is 19.5 Å². The lowest BCUT2D eigenvalue weighted by Crippen LogP contribution is -2.38. The summed E-state index contributed by atoms with van der Waals surface area (Å²) in [5.41, 5.74) is 1.33. The highest BCUT2D eigenvalue weighted by Crippen LogP contribution is 2.23. The second kappa shape index (κ2) is 10.2. The molecule has 0 aromatic heterocycles. The molecular formula is C23H29FN2O2. The molecule has 1 amide bonds. The summed E-state index contributed by atoms with van der Waals surface area (Å²) in [6.45, 7) is 4.34. The van der Waals surface area contributed by atoms with E-state index in [1.54, 1.807) is 30.3 Å². The third-order valence-electron chi connectivity index (χ3n) is 5.46. The predicted octanol–water partition coefficient (Wildman–Crippen LogP) is 5.77. The van der Waals surface area contributed by atoms with Crippen LogP contribution in [0.4, 0.5) is 15.0 Å². The van der Waals surface area contributed by atoms with Gasteiger partial charge >= 0.3 is 6.09 Å². The minimum absolute atomic E-state index is 0.0111. The number of rotatable bonds is 7. The molecule has 1 fully saturated rings. The Balaban J connectivity index is 1.51. The van der Waals surface area contributed by atoms with Crippen LogP contribution in [0.3, 0.4) is 0 Å². The number of anilines is 1. The van der Waals surface area contributed by atoms with Gasteiger partial charge in [0.1, 0.15) is 5.75 Å². The Morgan fingerprint density at radius 1 is 1.04 bits per heavy atom. The molecule has 0 spiro atoms. The first-order valence-corrected chi connectivity index (χ1v) is 10.2. The Morgan fingerprint density at radius 2 is 1.71 bits per heavy atom. The number of amides is 1. The maximum Gasteiger partial charge on any atom is 0.448 e. The summed E-state index contributed by atoms with van der Waals surface area (Å²) < 4.78 is 19.2. The van der Waals surface area contributed by atoms with Crippen molar-refractivity contribution < 1.29 is 14.0 Å². The summed E-state index contributed by atoms with van der Waals surface area (Å²) in [5.74, 6) is 0.340. The van der Waals surface area contributed by atoms with E-state index in [9.17, 15) is 9.28 Å². The normalized spacial score (nSPS) is 14.8. The highest BCUT2D eigenvalue weighted by molar-refractivity contribution is 5.86. The Hall–Kier alpha value is -2.40. The lowest BCUT2D eigenvalue weighted by Gasteiger charge is -2.33. The van der Waals surface area contributed by atoms with E-state index in [-0.39, 0.29) is 10.8 Å². The molecule has 0 saturated heterocycles. The number of para-hydroxylation sites is 1. The van der Waals surface area contributed by atoms with Gasteiger partial charge in [-0.15, -0.1) is 5.12 Å². The highest BCUT2D eigenvalue weighted by Gasteiger charge is 2.20. The van der Waals surface area contributed by atoms with Crippen LogP contribution >= 0.6 is 0 Å². The van der Waals surface area contributed by atoms with Crippen LogP contribution in [0.2, 0.25) is 0 Å². The zero-order valence-electron chi connectivity index (χ0n) is 16.5. The van der Waals surface area contributed by atoms with Crippen molar-refractivity contribution in [2.45, 2.75) is 51.5 Å². The SMILES string of the molecule is CCN(CCc1ccc(OC(=O)N(F)c2ccccc2)cc1)C1CCCCC1. The standard InChI is InChI=1S/C23H29FN2O2/c1-2-25(20-9-5-3-6-10-20)18-17-19-13-15-22(16-14-19)28-23(27)26(24)21-11-7-4-8-12-21/h4,7-8,11-16,20H,2-3,5-6,9-10,17-18H2,1H3. The average molecular weight is 384 g/mol. The summed E-state index contributed by atoms with van der Waals surface area (Å²) >= 11 is 0. The van der Waals surface area contributed by atoms with Gasteiger partial charge in [0.2, 0.25) is 0 Å². The molecule has 2 aromatic carbocycles. The third kappa shape index (κ3) is 5.55. The Bertz CT molecular complexity index is 730. The van der Waals surface area contributed by atoms with Crippen molar-refractivity contribution in [3.63, 3.8) is 0 Å². The van der Waals surface area contributed by atoms with Crippen LogP contribution in [0.15, 0.2) is 54.6 Å². The van der Waals surface area contributed by atoms with Gasteiger partial charge in [0, 0.05) is 12.6 Å². The second-order valence-corrected chi connectivity index (χ2v) is 7.30. The minimum atomic E-state index is -1.05. The maximum atomic E-state index is 14.1. The van der Waals surface area contributed by atoms with E-state index in [2.05, 4.69) is 11.8 Å². The molecule has 0 bridgehead atoms. The van der Waals surface area contributed by atoms with Gasteiger partial charge in [-0.05, 0) is 55.6 Å². The molecule has 5 heteroatoms. The molecule has 0 aliphatic heterocycles. The zero-order valence-corrected chi connectivity index (χ0v) is 16.5. The van der Waals surface area contributed by atoms with E-state index in [0.29, 0.717) is 11.8 Å². The van der Waals surface area contributed by atoms with Crippen molar-refractivity contribution >= 4 is 11.8 Å². The van der Waals surface area contributed by atoms with Crippen molar-refractivity contribution in [1.29, 1.82) is 0 Å². The van der Waals surface area contributed by atoms with Crippen molar-refractivity contribution in [3.05, 3.63) is 60.2 Å². The van der Waals surface area contributed by atoms with E-state index >= 15 is 0 Å². The van der Waals surface area contributed by atoms with Crippen LogP contribution in [0.25, 0.3) is 0 Å². The number of hydrogen-bond donors (Lipinski definition) is 0. The molecular weight excluding hydrogens is 355 g/mol. The van der Waals surface area contributed by atoms with Crippen molar-refractivity contribution in [2.24, 2.45) is 0 Å². The van der Waals surface area contributed by atoms with Crippen molar-refractivity contribution in [3.8, 4) is 5.75 Å². The van der Waals surface area contributed by atoms with Gasteiger partial charge in [0.25, 0.3) is 0 Å². The number of carbonyl (C=O) groups excluding carboxylic acids is 1. The smallest absolute Gasteiger partial charge is 0.408 e. The van der Waals surface area contributed by atoms with E-state index in [1.807, 2.05) is 12.1 Å². The van der Waals surface area contributed by atoms with Crippen molar-refractivity contribution in [2.75, 3.05) is 18.2 Å². The van der Waals surface area contributed by atoms with Crippen LogP contribution in [-0.4, -0.2) is 30.1 Å². The Morgan fingerprint density at radius 3 is 2.36 bits per heavy atom. The molecule has 0 radical (unpaired) electrons. The third-order valence-corrected chi connectivity index (χ3v) is 5.46.